The molecule has 3 rings (SSSR count). The summed E-state index contributed by atoms with van der Waals surface area (Å²) in [6, 6.07) is 15.0. The minimum absolute atomic E-state index is 0.244. The monoisotopic (exact) mass is 358 g/mol. The standard InChI is InChI=1S/C17H15ClN4OS/c1-24-22-14-8-12(18)7-13(9-14)20-17(23)16-19-10-15(21-16)11-5-3-2-4-6-11/h2-10,22H,1H3,(H,19,21)(H,20,23). The maximum atomic E-state index is 12.4. The largest absolute Gasteiger partial charge is 0.334 e. The molecule has 3 aromatic rings. The molecule has 0 saturated heterocycles. The summed E-state index contributed by atoms with van der Waals surface area (Å²) in [5, 5.41) is 3.33. The number of carbonyl (C=O) groups is 1. The van der Waals surface area contributed by atoms with Crippen LogP contribution in [-0.4, -0.2) is 22.1 Å². The molecule has 122 valence electrons. The lowest BCUT2D eigenvalue weighted by molar-refractivity contribution is 0.101. The minimum Gasteiger partial charge on any atom is -0.334 e. The molecule has 0 aliphatic carbocycles. The predicted molar refractivity (Wildman–Crippen MR) is 101 cm³/mol. The van der Waals surface area contributed by atoms with E-state index in [1.54, 1.807) is 24.4 Å². The molecule has 0 spiro atoms. The van der Waals surface area contributed by atoms with Gasteiger partial charge in [-0.25, -0.2) is 4.98 Å². The van der Waals surface area contributed by atoms with Crippen LogP contribution in [0.3, 0.4) is 0 Å². The molecule has 2 aromatic carbocycles. The van der Waals surface area contributed by atoms with Crippen LogP contribution in [0.2, 0.25) is 5.02 Å². The van der Waals surface area contributed by atoms with Crippen LogP contribution in [0.4, 0.5) is 11.4 Å². The van der Waals surface area contributed by atoms with Gasteiger partial charge in [0, 0.05) is 22.7 Å². The van der Waals surface area contributed by atoms with Gasteiger partial charge in [0.2, 0.25) is 0 Å². The van der Waals surface area contributed by atoms with Gasteiger partial charge in [0.15, 0.2) is 5.82 Å². The molecular weight excluding hydrogens is 344 g/mol. The van der Waals surface area contributed by atoms with Crippen LogP contribution in [0.15, 0.2) is 54.7 Å². The van der Waals surface area contributed by atoms with Crippen LogP contribution in [0.5, 0.6) is 0 Å². The number of aromatic nitrogens is 2. The van der Waals surface area contributed by atoms with Gasteiger partial charge in [0.1, 0.15) is 0 Å². The molecule has 0 unspecified atom stereocenters. The molecule has 3 N–H and O–H groups in total. The third kappa shape index (κ3) is 3.90. The molecular formula is C17H15ClN4OS. The van der Waals surface area contributed by atoms with Gasteiger partial charge in [-0.3, -0.25) is 4.79 Å². The normalized spacial score (nSPS) is 10.4. The fourth-order valence-corrected chi connectivity index (χ4v) is 2.82. The first-order chi connectivity index (χ1) is 11.7. The van der Waals surface area contributed by atoms with Crippen LogP contribution < -0.4 is 10.0 Å². The van der Waals surface area contributed by atoms with E-state index in [0.717, 1.165) is 16.9 Å². The van der Waals surface area contributed by atoms with Gasteiger partial charge >= 0.3 is 0 Å². The van der Waals surface area contributed by atoms with Crippen LogP contribution >= 0.6 is 23.5 Å². The van der Waals surface area contributed by atoms with Crippen molar-refractivity contribution < 1.29 is 4.79 Å². The topological polar surface area (TPSA) is 69.8 Å². The minimum atomic E-state index is -0.324. The van der Waals surface area contributed by atoms with E-state index in [0.29, 0.717) is 10.7 Å². The zero-order chi connectivity index (χ0) is 16.9. The Morgan fingerprint density at radius 3 is 2.67 bits per heavy atom. The predicted octanol–water partition coefficient (Wildman–Crippen LogP) is 4.67. The van der Waals surface area contributed by atoms with Crippen molar-refractivity contribution in [1.82, 2.24) is 9.97 Å². The summed E-state index contributed by atoms with van der Waals surface area (Å²) in [4.78, 5) is 19.5. The van der Waals surface area contributed by atoms with Gasteiger partial charge in [0.25, 0.3) is 5.91 Å². The number of aromatic amines is 1. The quantitative estimate of drug-likeness (QED) is 0.579. The molecule has 0 aliphatic heterocycles. The Hall–Kier alpha value is -2.44. The Kier molecular flexibility index (Phi) is 5.08. The van der Waals surface area contributed by atoms with E-state index in [4.69, 9.17) is 11.6 Å². The SMILES string of the molecule is CSNc1cc(Cl)cc(NC(=O)c2ncc(-c3ccccc3)[nH]2)c1. The smallest absolute Gasteiger partial charge is 0.291 e. The third-order valence-electron chi connectivity index (χ3n) is 3.25. The molecule has 0 fully saturated rings. The van der Waals surface area contributed by atoms with Gasteiger partial charge in [-0.1, -0.05) is 53.9 Å². The number of rotatable bonds is 5. The van der Waals surface area contributed by atoms with E-state index in [9.17, 15) is 4.79 Å². The molecule has 1 heterocycles. The lowest BCUT2D eigenvalue weighted by Crippen LogP contribution is -2.13. The lowest BCUT2D eigenvalue weighted by Gasteiger charge is -2.08. The van der Waals surface area contributed by atoms with Crippen molar-refractivity contribution in [3.63, 3.8) is 0 Å². The van der Waals surface area contributed by atoms with Crippen molar-refractivity contribution in [2.75, 3.05) is 16.3 Å². The van der Waals surface area contributed by atoms with E-state index in [1.807, 2.05) is 36.6 Å². The molecule has 0 aliphatic rings. The highest BCUT2D eigenvalue weighted by atomic mass is 35.5. The zero-order valence-electron chi connectivity index (χ0n) is 12.8. The van der Waals surface area contributed by atoms with Crippen LogP contribution in [0.1, 0.15) is 10.6 Å². The van der Waals surface area contributed by atoms with E-state index in [2.05, 4.69) is 20.0 Å². The number of hydrogen-bond donors (Lipinski definition) is 3. The number of anilines is 2. The Labute approximate surface area is 149 Å². The number of benzene rings is 2. The summed E-state index contributed by atoms with van der Waals surface area (Å²) < 4.78 is 3.08. The second kappa shape index (κ2) is 7.42. The summed E-state index contributed by atoms with van der Waals surface area (Å²) in [5.41, 5.74) is 3.17. The third-order valence-corrected chi connectivity index (χ3v) is 3.91. The van der Waals surface area contributed by atoms with Gasteiger partial charge in [-0.2, -0.15) is 0 Å². The average Bonchev–Trinajstić information content (AvgIpc) is 3.05. The highest BCUT2D eigenvalue weighted by Gasteiger charge is 2.12. The van der Waals surface area contributed by atoms with Crippen LogP contribution in [0.25, 0.3) is 11.3 Å². The lowest BCUT2D eigenvalue weighted by atomic mass is 10.2. The number of imidazole rings is 1. The highest BCUT2D eigenvalue weighted by Crippen LogP contribution is 2.24. The Bertz CT molecular complexity index is 851. The molecule has 7 heteroatoms. The Balaban J connectivity index is 1.77. The molecule has 0 saturated carbocycles. The van der Waals surface area contributed by atoms with Crippen molar-refractivity contribution in [3.8, 4) is 11.3 Å². The number of nitrogens with one attached hydrogen (secondary N) is 3. The van der Waals surface area contributed by atoms with Gasteiger partial charge in [0.05, 0.1) is 11.9 Å². The number of nitrogens with zero attached hydrogens (tertiary/aromatic N) is 1. The van der Waals surface area contributed by atoms with Crippen molar-refractivity contribution >= 4 is 40.8 Å². The molecule has 1 aromatic heterocycles. The molecule has 24 heavy (non-hydrogen) atoms. The maximum Gasteiger partial charge on any atom is 0.291 e. The summed E-state index contributed by atoms with van der Waals surface area (Å²) in [7, 11) is 0. The number of carbonyl (C=O) groups excluding carboxylic acids is 1. The first kappa shape index (κ1) is 16.4. The average molecular weight is 359 g/mol. The van der Waals surface area contributed by atoms with Crippen molar-refractivity contribution in [2.24, 2.45) is 0 Å². The van der Waals surface area contributed by atoms with Gasteiger partial charge in [-0.15, -0.1) is 0 Å². The van der Waals surface area contributed by atoms with Gasteiger partial charge in [-0.05, 0) is 23.8 Å². The van der Waals surface area contributed by atoms with E-state index < -0.39 is 0 Å². The second-order valence-corrected chi connectivity index (χ2v) is 6.05. The maximum absolute atomic E-state index is 12.4. The molecule has 0 bridgehead atoms. The number of hydrogen-bond acceptors (Lipinski definition) is 4. The highest BCUT2D eigenvalue weighted by molar-refractivity contribution is 7.99. The molecule has 1 amide bonds. The first-order valence-corrected chi connectivity index (χ1v) is 8.77. The summed E-state index contributed by atoms with van der Waals surface area (Å²) >= 11 is 7.52. The van der Waals surface area contributed by atoms with Crippen molar-refractivity contribution in [2.45, 2.75) is 0 Å². The Morgan fingerprint density at radius 1 is 1.17 bits per heavy atom. The molecule has 0 atom stereocenters. The molecule has 5 nitrogen and oxygen atoms in total. The fraction of sp³-hybridized carbons (Fsp3) is 0.0588. The van der Waals surface area contributed by atoms with Crippen LogP contribution in [0, 0.1) is 0 Å². The van der Waals surface area contributed by atoms with Crippen molar-refractivity contribution in [3.05, 3.63) is 65.6 Å². The van der Waals surface area contributed by atoms with E-state index in [-0.39, 0.29) is 11.7 Å². The molecule has 0 radical (unpaired) electrons. The van der Waals surface area contributed by atoms with Crippen LogP contribution in [-0.2, 0) is 0 Å². The Morgan fingerprint density at radius 2 is 1.92 bits per heavy atom. The first-order valence-electron chi connectivity index (χ1n) is 7.17. The number of halogens is 1. The van der Waals surface area contributed by atoms with E-state index >= 15 is 0 Å². The second-order valence-electron chi connectivity index (χ2n) is 5.00. The summed E-state index contributed by atoms with van der Waals surface area (Å²) in [5.74, 6) is -0.0808. The van der Waals surface area contributed by atoms with Gasteiger partial charge < -0.3 is 15.0 Å². The fourth-order valence-electron chi connectivity index (χ4n) is 2.23. The summed E-state index contributed by atoms with van der Waals surface area (Å²) in [6.45, 7) is 0. The number of H-pyrrole nitrogens is 1. The zero-order valence-corrected chi connectivity index (χ0v) is 14.4. The van der Waals surface area contributed by atoms with Crippen molar-refractivity contribution in [1.29, 1.82) is 0 Å². The van der Waals surface area contributed by atoms with E-state index in [1.165, 1.54) is 11.9 Å². The summed E-state index contributed by atoms with van der Waals surface area (Å²) in [6.07, 6.45) is 3.55. The number of amides is 1.